The fourth-order valence-corrected chi connectivity index (χ4v) is 3.97. The van der Waals surface area contributed by atoms with E-state index in [2.05, 4.69) is 0 Å². The van der Waals surface area contributed by atoms with Crippen molar-refractivity contribution in [1.29, 1.82) is 0 Å². The predicted octanol–water partition coefficient (Wildman–Crippen LogP) is -0.0319. The summed E-state index contributed by atoms with van der Waals surface area (Å²) in [5.41, 5.74) is 0.913. The van der Waals surface area contributed by atoms with Gasteiger partial charge in [-0.15, -0.1) is 0 Å². The first kappa shape index (κ1) is 21.7. The molecule has 1 saturated heterocycles. The van der Waals surface area contributed by atoms with Gasteiger partial charge in [-0.2, -0.15) is 0 Å². The fraction of sp³-hybridized carbons (Fsp3) is 0.409. The first-order valence-electron chi connectivity index (χ1n) is 9.93. The zero-order chi connectivity index (χ0) is 22.3. The van der Waals surface area contributed by atoms with E-state index in [1.54, 1.807) is 37.3 Å². The largest absolute Gasteiger partial charge is 0.462 e. The van der Waals surface area contributed by atoms with Gasteiger partial charge in [-0.05, 0) is 31.0 Å². The summed E-state index contributed by atoms with van der Waals surface area (Å²) in [4.78, 5) is 12.7. The maximum Gasteiger partial charge on any atom is 0.344 e. The number of hydrogen-bond donors (Lipinski definition) is 5. The zero-order valence-corrected chi connectivity index (χ0v) is 16.8. The van der Waals surface area contributed by atoms with E-state index in [4.69, 9.17) is 13.9 Å². The van der Waals surface area contributed by atoms with Crippen molar-refractivity contribution in [3.8, 4) is 5.75 Å². The van der Waals surface area contributed by atoms with Crippen LogP contribution in [-0.4, -0.2) is 69.5 Å². The number of ether oxygens (including phenoxy) is 2. The Balaban J connectivity index is 1.77. The van der Waals surface area contributed by atoms with E-state index in [-0.39, 0.29) is 12.4 Å². The van der Waals surface area contributed by atoms with Gasteiger partial charge in [0.15, 0.2) is 0 Å². The highest BCUT2D eigenvalue weighted by Gasteiger charge is 2.44. The lowest BCUT2D eigenvalue weighted by molar-refractivity contribution is -0.277. The third-order valence-electron chi connectivity index (χ3n) is 5.67. The summed E-state index contributed by atoms with van der Waals surface area (Å²) in [5.74, 6) is 0.242. The minimum absolute atomic E-state index is 0.0957. The number of aryl methyl sites for hydroxylation is 1. The molecular weight excluding hydrogens is 408 g/mol. The standard InChI is InChI=1S/C22H24O9/c1-10-14(29-22-19(27)18(26)17(25)15(9-24)30-22)6-5-13-12-4-2-3-11(7-8-23)16(12)21(28)31-20(10)13/h2-6,15,17-19,22-27H,7-9H2,1H3/t15-,17-,18+,19-,22-/m1/s1. The molecule has 0 amide bonds. The molecule has 1 aliphatic heterocycles. The van der Waals surface area contributed by atoms with Crippen LogP contribution in [0.5, 0.6) is 5.75 Å². The molecule has 3 aromatic rings. The smallest absolute Gasteiger partial charge is 0.344 e. The topological polar surface area (TPSA) is 150 Å². The Kier molecular flexibility index (Phi) is 5.98. The summed E-state index contributed by atoms with van der Waals surface area (Å²) >= 11 is 0. The van der Waals surface area contributed by atoms with E-state index in [9.17, 15) is 30.3 Å². The van der Waals surface area contributed by atoms with Gasteiger partial charge in [0, 0.05) is 22.9 Å². The molecule has 1 fully saturated rings. The number of aliphatic hydroxyl groups excluding tert-OH is 5. The van der Waals surface area contributed by atoms with Crippen LogP contribution in [0.25, 0.3) is 21.7 Å². The minimum atomic E-state index is -1.57. The summed E-state index contributed by atoms with van der Waals surface area (Å²) in [5, 5.41) is 50.5. The number of rotatable bonds is 5. The molecule has 2 heterocycles. The van der Waals surface area contributed by atoms with Crippen molar-refractivity contribution >= 4 is 21.7 Å². The normalized spacial score (nSPS) is 26.5. The first-order chi connectivity index (χ1) is 14.9. The minimum Gasteiger partial charge on any atom is -0.462 e. The van der Waals surface area contributed by atoms with Gasteiger partial charge in [-0.1, -0.05) is 18.2 Å². The average Bonchev–Trinajstić information content (AvgIpc) is 2.76. The summed E-state index contributed by atoms with van der Waals surface area (Å²) in [6.45, 7) is 1.01. The molecule has 166 valence electrons. The van der Waals surface area contributed by atoms with Crippen molar-refractivity contribution in [2.45, 2.75) is 44.1 Å². The highest BCUT2D eigenvalue weighted by atomic mass is 16.7. The molecule has 0 radical (unpaired) electrons. The maximum atomic E-state index is 12.7. The van der Waals surface area contributed by atoms with Crippen LogP contribution in [0.4, 0.5) is 0 Å². The van der Waals surface area contributed by atoms with Gasteiger partial charge in [-0.3, -0.25) is 0 Å². The predicted molar refractivity (Wildman–Crippen MR) is 110 cm³/mol. The molecule has 9 heteroatoms. The monoisotopic (exact) mass is 432 g/mol. The van der Waals surface area contributed by atoms with Gasteiger partial charge >= 0.3 is 5.63 Å². The second-order valence-corrected chi connectivity index (χ2v) is 7.58. The number of aliphatic hydroxyl groups is 5. The first-order valence-corrected chi connectivity index (χ1v) is 9.93. The van der Waals surface area contributed by atoms with Gasteiger partial charge in [0.05, 0.1) is 12.0 Å². The lowest BCUT2D eigenvalue weighted by atomic mass is 9.99. The van der Waals surface area contributed by atoms with Crippen molar-refractivity contribution in [2.75, 3.05) is 13.2 Å². The summed E-state index contributed by atoms with van der Waals surface area (Å²) in [7, 11) is 0. The number of fused-ring (bicyclic) bond motifs is 3. The zero-order valence-electron chi connectivity index (χ0n) is 16.8. The molecule has 0 unspecified atom stereocenters. The third kappa shape index (κ3) is 3.69. The van der Waals surface area contributed by atoms with Crippen LogP contribution in [0.15, 0.2) is 39.5 Å². The Morgan fingerprint density at radius 2 is 1.77 bits per heavy atom. The molecule has 0 aliphatic carbocycles. The fourth-order valence-electron chi connectivity index (χ4n) is 3.97. The summed E-state index contributed by atoms with van der Waals surface area (Å²) in [6.07, 6.45) is -6.74. The van der Waals surface area contributed by atoms with Crippen LogP contribution in [0, 0.1) is 6.92 Å². The van der Waals surface area contributed by atoms with Gasteiger partial charge in [-0.25, -0.2) is 4.79 Å². The second-order valence-electron chi connectivity index (χ2n) is 7.58. The molecule has 2 aromatic carbocycles. The third-order valence-corrected chi connectivity index (χ3v) is 5.67. The molecule has 5 N–H and O–H groups in total. The Labute approximate surface area is 176 Å². The highest BCUT2D eigenvalue weighted by Crippen LogP contribution is 2.33. The Bertz CT molecular complexity index is 1150. The molecular formula is C22H24O9. The Morgan fingerprint density at radius 1 is 1.00 bits per heavy atom. The van der Waals surface area contributed by atoms with Crippen LogP contribution in [0.3, 0.4) is 0 Å². The second kappa shape index (κ2) is 8.54. The van der Waals surface area contributed by atoms with E-state index < -0.39 is 42.9 Å². The van der Waals surface area contributed by atoms with E-state index in [1.807, 2.05) is 0 Å². The van der Waals surface area contributed by atoms with E-state index in [0.717, 1.165) is 0 Å². The quantitative estimate of drug-likeness (QED) is 0.277. The number of benzene rings is 2. The van der Waals surface area contributed by atoms with Crippen molar-refractivity contribution < 1.29 is 39.4 Å². The van der Waals surface area contributed by atoms with Crippen molar-refractivity contribution in [1.82, 2.24) is 0 Å². The van der Waals surface area contributed by atoms with E-state index in [1.165, 1.54) is 0 Å². The molecule has 9 nitrogen and oxygen atoms in total. The lowest BCUT2D eigenvalue weighted by Gasteiger charge is -2.39. The van der Waals surface area contributed by atoms with Gasteiger partial charge in [0.2, 0.25) is 6.29 Å². The molecule has 5 atom stereocenters. The molecule has 31 heavy (non-hydrogen) atoms. The van der Waals surface area contributed by atoms with Crippen LogP contribution in [-0.2, 0) is 11.2 Å². The van der Waals surface area contributed by atoms with Crippen molar-refractivity contribution in [3.63, 3.8) is 0 Å². The van der Waals surface area contributed by atoms with Gasteiger partial charge < -0.3 is 39.4 Å². The summed E-state index contributed by atoms with van der Waals surface area (Å²) in [6, 6.07) is 8.70. The van der Waals surface area contributed by atoms with Crippen molar-refractivity contribution in [3.05, 3.63) is 51.9 Å². The molecule has 1 aliphatic rings. The average molecular weight is 432 g/mol. The Morgan fingerprint density at radius 3 is 2.48 bits per heavy atom. The lowest BCUT2D eigenvalue weighted by Crippen LogP contribution is -2.60. The maximum absolute atomic E-state index is 12.7. The molecule has 0 spiro atoms. The SMILES string of the molecule is Cc1c(O[C@@H]2O[C@H](CO)[C@@H](O)[C@H](O)[C@H]2O)ccc2c1oc(=O)c1c(CCO)cccc12. The highest BCUT2D eigenvalue weighted by molar-refractivity contribution is 6.06. The molecule has 0 saturated carbocycles. The Hall–Kier alpha value is -2.53. The van der Waals surface area contributed by atoms with Crippen LogP contribution < -0.4 is 10.4 Å². The molecule has 4 rings (SSSR count). The van der Waals surface area contributed by atoms with Crippen LogP contribution in [0.1, 0.15) is 11.1 Å². The van der Waals surface area contributed by atoms with Gasteiger partial charge in [0.1, 0.15) is 35.7 Å². The molecule has 0 bridgehead atoms. The molecule has 1 aromatic heterocycles. The number of hydrogen-bond acceptors (Lipinski definition) is 9. The van der Waals surface area contributed by atoms with Gasteiger partial charge in [0.25, 0.3) is 0 Å². The van der Waals surface area contributed by atoms with E-state index in [0.29, 0.717) is 39.3 Å². The van der Waals surface area contributed by atoms with Crippen LogP contribution >= 0.6 is 0 Å². The van der Waals surface area contributed by atoms with Crippen LogP contribution in [0.2, 0.25) is 0 Å². The van der Waals surface area contributed by atoms with E-state index >= 15 is 0 Å². The van der Waals surface area contributed by atoms with Crippen molar-refractivity contribution in [2.24, 2.45) is 0 Å². The summed E-state index contributed by atoms with van der Waals surface area (Å²) < 4.78 is 16.7.